The minimum Gasteiger partial charge on any atom is -0.385 e. The number of ether oxygens (including phenoxy) is 1. The lowest BCUT2D eigenvalue weighted by Gasteiger charge is -2.35. The molecule has 5 heterocycles. The van der Waals surface area contributed by atoms with Gasteiger partial charge < -0.3 is 19.9 Å². The Bertz CT molecular complexity index is 1050. The van der Waals surface area contributed by atoms with Gasteiger partial charge in [-0.2, -0.15) is 0 Å². The van der Waals surface area contributed by atoms with E-state index in [-0.39, 0.29) is 0 Å². The van der Waals surface area contributed by atoms with E-state index >= 15 is 0 Å². The summed E-state index contributed by atoms with van der Waals surface area (Å²) in [5.74, 6) is 0. The van der Waals surface area contributed by atoms with Crippen LogP contribution in [0.15, 0.2) is 24.7 Å². The van der Waals surface area contributed by atoms with E-state index in [4.69, 9.17) is 4.74 Å². The van der Waals surface area contributed by atoms with Crippen molar-refractivity contribution in [3.63, 3.8) is 0 Å². The predicted octanol–water partition coefficient (Wildman–Crippen LogP) is 5.69. The molecule has 3 aromatic heterocycles. The number of hydrogen-bond acceptors (Lipinski definition) is 6. The van der Waals surface area contributed by atoms with Crippen LogP contribution in [0.3, 0.4) is 0 Å². The van der Waals surface area contributed by atoms with Crippen molar-refractivity contribution >= 4 is 36.1 Å². The van der Waals surface area contributed by atoms with Crippen LogP contribution in [-0.2, 0) is 4.74 Å². The molecule has 1 unspecified atom stereocenters. The standard InChI is InChI=1S/C19H23N5S.C6H16OSi/c1-13-10-22-18(25-13)14-11-21-17-16(14)15(4-8-20-17)24-9-6-19(12-24)5-2-3-7-23-19;1-7-5-6-8(2,3)4/h4,8,10-11,23H,2-3,5-7,9,12H2,1H3,(H,20,21);5-6H2,1-4H3. The molecule has 1 spiro atoms. The van der Waals surface area contributed by atoms with Crippen molar-refractivity contribution in [1.82, 2.24) is 20.3 Å². The number of fused-ring (bicyclic) bond motifs is 1. The monoisotopic (exact) mass is 485 g/mol. The lowest BCUT2D eigenvalue weighted by Crippen LogP contribution is -2.50. The zero-order valence-corrected chi connectivity index (χ0v) is 22.6. The normalized spacial score (nSPS) is 20.9. The summed E-state index contributed by atoms with van der Waals surface area (Å²) >= 11 is 1.74. The maximum atomic E-state index is 4.95. The largest absolute Gasteiger partial charge is 0.385 e. The molecule has 0 amide bonds. The first-order valence-corrected chi connectivity index (χ1v) is 16.7. The summed E-state index contributed by atoms with van der Waals surface area (Å²) in [6.07, 6.45) is 11.1. The summed E-state index contributed by atoms with van der Waals surface area (Å²) in [6, 6.07) is 3.45. The van der Waals surface area contributed by atoms with Gasteiger partial charge in [-0.1, -0.05) is 26.1 Å². The molecule has 0 bridgehead atoms. The summed E-state index contributed by atoms with van der Waals surface area (Å²) in [4.78, 5) is 16.3. The van der Waals surface area contributed by atoms with E-state index in [0.29, 0.717) is 5.54 Å². The number of hydrogen-bond donors (Lipinski definition) is 2. The number of anilines is 1. The molecular weight excluding hydrogens is 446 g/mol. The van der Waals surface area contributed by atoms with Gasteiger partial charge in [0.25, 0.3) is 0 Å². The molecule has 2 saturated heterocycles. The van der Waals surface area contributed by atoms with Crippen LogP contribution in [-0.4, -0.2) is 61.9 Å². The average molecular weight is 486 g/mol. The fraction of sp³-hybridized carbons (Fsp3) is 0.600. The summed E-state index contributed by atoms with van der Waals surface area (Å²) in [5, 5.41) is 6.09. The second-order valence-electron chi connectivity index (χ2n) is 10.7. The molecule has 33 heavy (non-hydrogen) atoms. The van der Waals surface area contributed by atoms with E-state index < -0.39 is 8.07 Å². The molecule has 2 aliphatic heterocycles. The minimum atomic E-state index is -0.803. The molecule has 2 fully saturated rings. The molecule has 0 saturated carbocycles. The third-order valence-corrected chi connectivity index (χ3v) is 9.39. The molecule has 2 N–H and O–H groups in total. The van der Waals surface area contributed by atoms with E-state index in [2.05, 4.69) is 64.0 Å². The third-order valence-electron chi connectivity index (χ3n) is 6.74. The number of aryl methyl sites for hydroxylation is 1. The van der Waals surface area contributed by atoms with Crippen molar-refractivity contribution in [3.05, 3.63) is 29.5 Å². The molecule has 0 aliphatic carbocycles. The number of pyridine rings is 1. The average Bonchev–Trinajstić information content (AvgIpc) is 3.51. The van der Waals surface area contributed by atoms with Crippen molar-refractivity contribution in [2.75, 3.05) is 38.3 Å². The minimum absolute atomic E-state index is 0.308. The Morgan fingerprint density at radius 3 is 2.70 bits per heavy atom. The molecule has 8 heteroatoms. The van der Waals surface area contributed by atoms with Gasteiger partial charge in [-0.05, 0) is 44.8 Å². The number of nitrogens with zero attached hydrogens (tertiary/aromatic N) is 3. The van der Waals surface area contributed by atoms with Crippen molar-refractivity contribution < 1.29 is 4.74 Å². The SMILES string of the molecule is COCC[Si](C)(C)C.Cc1cnc(-c2c[nH]c3nccc(N4CCC5(CCCCN5)C4)c23)s1. The highest BCUT2D eigenvalue weighted by molar-refractivity contribution is 7.15. The summed E-state index contributed by atoms with van der Waals surface area (Å²) < 4.78 is 4.95. The smallest absolute Gasteiger partial charge is 0.140 e. The number of rotatable bonds is 5. The number of methoxy groups -OCH3 is 1. The number of nitrogens with one attached hydrogen (secondary N) is 2. The second kappa shape index (κ2) is 10.3. The zero-order chi connectivity index (χ0) is 23.5. The first-order chi connectivity index (χ1) is 15.8. The quantitative estimate of drug-likeness (QED) is 0.455. The highest BCUT2D eigenvalue weighted by atomic mass is 32.1. The highest BCUT2D eigenvalue weighted by Crippen LogP contribution is 2.40. The van der Waals surface area contributed by atoms with Gasteiger partial charge in [-0.15, -0.1) is 11.3 Å². The van der Waals surface area contributed by atoms with Crippen LogP contribution in [0.25, 0.3) is 21.6 Å². The molecule has 6 nitrogen and oxygen atoms in total. The first-order valence-electron chi connectivity index (χ1n) is 12.2. The molecule has 0 aromatic carbocycles. The molecule has 0 radical (unpaired) electrons. The van der Waals surface area contributed by atoms with Gasteiger partial charge in [-0.25, -0.2) is 9.97 Å². The van der Waals surface area contributed by atoms with Crippen molar-refractivity contribution in [3.8, 4) is 10.6 Å². The Kier molecular flexibility index (Phi) is 7.58. The van der Waals surface area contributed by atoms with Crippen molar-refractivity contribution in [2.45, 2.75) is 63.8 Å². The molecule has 3 aromatic rings. The van der Waals surface area contributed by atoms with Gasteiger partial charge in [-0.3, -0.25) is 0 Å². The molecule has 180 valence electrons. The number of piperidine rings is 1. The van der Waals surface area contributed by atoms with E-state index in [1.54, 1.807) is 18.4 Å². The Labute approximate surface area is 203 Å². The lowest BCUT2D eigenvalue weighted by atomic mass is 9.88. The Morgan fingerprint density at radius 1 is 1.21 bits per heavy atom. The van der Waals surface area contributed by atoms with E-state index in [9.17, 15) is 0 Å². The van der Waals surface area contributed by atoms with Crippen LogP contribution in [0.2, 0.25) is 25.7 Å². The Hall–Kier alpha value is -1.74. The second-order valence-corrected chi connectivity index (χ2v) is 17.5. The fourth-order valence-electron chi connectivity index (χ4n) is 4.82. The van der Waals surface area contributed by atoms with Gasteiger partial charge in [0.15, 0.2) is 0 Å². The highest BCUT2D eigenvalue weighted by Gasteiger charge is 2.39. The predicted molar refractivity (Wildman–Crippen MR) is 143 cm³/mol. The maximum Gasteiger partial charge on any atom is 0.140 e. The van der Waals surface area contributed by atoms with Crippen molar-refractivity contribution in [2.24, 2.45) is 0 Å². The Balaban J connectivity index is 0.000000281. The zero-order valence-electron chi connectivity index (χ0n) is 20.8. The van der Waals surface area contributed by atoms with Gasteiger partial charge >= 0.3 is 0 Å². The van der Waals surface area contributed by atoms with E-state index in [1.165, 1.54) is 53.2 Å². The van der Waals surface area contributed by atoms with Crippen LogP contribution in [0, 0.1) is 6.92 Å². The van der Waals surface area contributed by atoms with Gasteiger partial charge in [0, 0.05) is 69.5 Å². The van der Waals surface area contributed by atoms with E-state index in [1.807, 2.05) is 12.4 Å². The van der Waals surface area contributed by atoms with Gasteiger partial charge in [0.05, 0.1) is 11.1 Å². The number of aromatic amines is 1. The number of H-pyrrole nitrogens is 1. The van der Waals surface area contributed by atoms with Crippen LogP contribution in [0.5, 0.6) is 0 Å². The van der Waals surface area contributed by atoms with Crippen LogP contribution >= 0.6 is 11.3 Å². The summed E-state index contributed by atoms with van der Waals surface area (Å²) in [7, 11) is 0.961. The molecular formula is C25H39N5OSSi. The van der Waals surface area contributed by atoms with Gasteiger partial charge in [0.1, 0.15) is 10.7 Å². The number of aromatic nitrogens is 3. The van der Waals surface area contributed by atoms with Gasteiger partial charge in [0.2, 0.25) is 0 Å². The molecule has 5 rings (SSSR count). The maximum absolute atomic E-state index is 4.95. The molecule has 2 aliphatic rings. The van der Waals surface area contributed by atoms with Crippen LogP contribution < -0.4 is 10.2 Å². The van der Waals surface area contributed by atoms with Crippen LogP contribution in [0.1, 0.15) is 30.6 Å². The molecule has 1 atom stereocenters. The van der Waals surface area contributed by atoms with E-state index in [0.717, 1.165) is 36.9 Å². The lowest BCUT2D eigenvalue weighted by molar-refractivity contribution is 0.214. The number of thiazole rings is 1. The van der Waals surface area contributed by atoms with Crippen LogP contribution in [0.4, 0.5) is 5.69 Å². The van der Waals surface area contributed by atoms with Crippen molar-refractivity contribution in [1.29, 1.82) is 0 Å². The fourth-order valence-corrected chi connectivity index (χ4v) is 6.42. The third kappa shape index (κ3) is 5.85. The Morgan fingerprint density at radius 2 is 2.06 bits per heavy atom. The topological polar surface area (TPSA) is 66.1 Å². The summed E-state index contributed by atoms with van der Waals surface area (Å²) in [6.45, 7) is 13.5. The first kappa shape index (κ1) is 24.4. The summed E-state index contributed by atoms with van der Waals surface area (Å²) in [5.41, 5.74) is 3.73.